The van der Waals surface area contributed by atoms with Crippen LogP contribution in [0.25, 0.3) is 0 Å². The van der Waals surface area contributed by atoms with E-state index in [4.69, 9.17) is 0 Å². The second kappa shape index (κ2) is 9.04. The second-order valence-corrected chi connectivity index (χ2v) is 8.96. The van der Waals surface area contributed by atoms with E-state index in [1.165, 1.54) is 11.1 Å². The van der Waals surface area contributed by atoms with Gasteiger partial charge in [-0.1, -0.05) is 35.9 Å². The van der Waals surface area contributed by atoms with Gasteiger partial charge in [-0.2, -0.15) is 0 Å². The van der Waals surface area contributed by atoms with Gasteiger partial charge >= 0.3 is 0 Å². The summed E-state index contributed by atoms with van der Waals surface area (Å²) >= 11 is 0. The van der Waals surface area contributed by atoms with E-state index in [2.05, 4.69) is 30.4 Å². The molecule has 0 aliphatic rings. The highest BCUT2D eigenvalue weighted by Gasteiger charge is 2.21. The zero-order valence-electron chi connectivity index (χ0n) is 16.5. The van der Waals surface area contributed by atoms with Gasteiger partial charge in [0.05, 0.1) is 11.9 Å². The van der Waals surface area contributed by atoms with Crippen molar-refractivity contribution in [2.24, 2.45) is 0 Å². The Bertz CT molecular complexity index is 887. The average molecular weight is 389 g/mol. The summed E-state index contributed by atoms with van der Waals surface area (Å²) in [5, 5.41) is 2.82. The predicted molar refractivity (Wildman–Crippen MR) is 111 cm³/mol. The molecule has 146 valence electrons. The van der Waals surface area contributed by atoms with Crippen molar-refractivity contribution in [2.45, 2.75) is 33.6 Å². The van der Waals surface area contributed by atoms with Crippen molar-refractivity contribution in [3.05, 3.63) is 64.7 Å². The highest BCUT2D eigenvalue weighted by atomic mass is 32.2. The third-order valence-corrected chi connectivity index (χ3v) is 5.37. The van der Waals surface area contributed by atoms with Gasteiger partial charge in [-0.25, -0.2) is 8.42 Å². The van der Waals surface area contributed by atoms with Gasteiger partial charge in [0.2, 0.25) is 15.9 Å². The van der Waals surface area contributed by atoms with Crippen LogP contribution >= 0.6 is 0 Å². The molecule has 2 aromatic rings. The average Bonchev–Trinajstić information content (AvgIpc) is 2.55. The van der Waals surface area contributed by atoms with E-state index in [0.717, 1.165) is 34.5 Å². The second-order valence-electron chi connectivity index (χ2n) is 7.06. The lowest BCUT2D eigenvalue weighted by Gasteiger charge is -2.22. The lowest BCUT2D eigenvalue weighted by molar-refractivity contribution is -0.119. The summed E-state index contributed by atoms with van der Waals surface area (Å²) in [7, 11) is -3.55. The highest BCUT2D eigenvalue weighted by Crippen LogP contribution is 2.21. The Morgan fingerprint density at radius 2 is 1.67 bits per heavy atom. The molecule has 0 radical (unpaired) electrons. The number of nitrogens with zero attached hydrogens (tertiary/aromatic N) is 1. The standard InChI is InChI=1S/C21H28N2O3S/c1-16-7-5-8-19(12-16)9-6-10-22-21(24)15-23(27(4,25)26)20-13-17(2)11-18(3)14-20/h5,7-8,11-14H,6,9-10,15H2,1-4H3,(H,22,24). The fourth-order valence-corrected chi connectivity index (χ4v) is 3.91. The van der Waals surface area contributed by atoms with Crippen LogP contribution < -0.4 is 9.62 Å². The van der Waals surface area contributed by atoms with E-state index in [-0.39, 0.29) is 12.5 Å². The first kappa shape index (κ1) is 21.0. The van der Waals surface area contributed by atoms with Crippen LogP contribution in [-0.2, 0) is 21.2 Å². The van der Waals surface area contributed by atoms with Gasteiger partial charge < -0.3 is 5.32 Å². The number of sulfonamides is 1. The highest BCUT2D eigenvalue weighted by molar-refractivity contribution is 7.92. The number of amides is 1. The molecule has 0 atom stereocenters. The fourth-order valence-electron chi connectivity index (χ4n) is 3.07. The minimum atomic E-state index is -3.55. The van der Waals surface area contributed by atoms with Crippen molar-refractivity contribution in [1.29, 1.82) is 0 Å². The molecule has 0 aliphatic heterocycles. The van der Waals surface area contributed by atoms with Crippen LogP contribution in [-0.4, -0.2) is 33.7 Å². The summed E-state index contributed by atoms with van der Waals surface area (Å²) in [5.41, 5.74) is 4.88. The van der Waals surface area contributed by atoms with Gasteiger partial charge in [-0.15, -0.1) is 0 Å². The maximum absolute atomic E-state index is 12.3. The Labute approximate surface area is 162 Å². The van der Waals surface area contributed by atoms with E-state index in [1.54, 1.807) is 12.1 Å². The number of carbonyl (C=O) groups is 1. The molecule has 6 heteroatoms. The normalized spacial score (nSPS) is 11.3. The van der Waals surface area contributed by atoms with Gasteiger partial charge in [-0.05, 0) is 62.4 Å². The van der Waals surface area contributed by atoms with E-state index < -0.39 is 10.0 Å². The van der Waals surface area contributed by atoms with Crippen LogP contribution in [0.5, 0.6) is 0 Å². The Morgan fingerprint density at radius 3 is 2.26 bits per heavy atom. The van der Waals surface area contributed by atoms with E-state index in [0.29, 0.717) is 12.2 Å². The molecule has 0 bridgehead atoms. The van der Waals surface area contributed by atoms with Crippen LogP contribution in [0.15, 0.2) is 42.5 Å². The lowest BCUT2D eigenvalue weighted by Crippen LogP contribution is -2.40. The quantitative estimate of drug-likeness (QED) is 0.707. The van der Waals surface area contributed by atoms with Gasteiger partial charge in [0.15, 0.2) is 0 Å². The van der Waals surface area contributed by atoms with E-state index in [1.807, 2.05) is 26.0 Å². The smallest absolute Gasteiger partial charge is 0.240 e. The molecule has 2 rings (SSSR count). The molecule has 0 heterocycles. The molecule has 0 unspecified atom stereocenters. The summed E-state index contributed by atoms with van der Waals surface area (Å²) in [6, 6.07) is 13.8. The van der Waals surface area contributed by atoms with Crippen molar-refractivity contribution >= 4 is 21.6 Å². The lowest BCUT2D eigenvalue weighted by atomic mass is 10.1. The Morgan fingerprint density at radius 1 is 1.00 bits per heavy atom. The SMILES string of the molecule is Cc1cccc(CCCNC(=O)CN(c2cc(C)cc(C)c2)S(C)(=O)=O)c1. The fraction of sp³-hybridized carbons (Fsp3) is 0.381. The summed E-state index contributed by atoms with van der Waals surface area (Å²) in [6.07, 6.45) is 2.79. The summed E-state index contributed by atoms with van der Waals surface area (Å²) in [4.78, 5) is 12.3. The van der Waals surface area contributed by atoms with Gasteiger partial charge in [0.25, 0.3) is 0 Å². The molecule has 0 fully saturated rings. The minimum absolute atomic E-state index is 0.216. The summed E-state index contributed by atoms with van der Waals surface area (Å²) < 4.78 is 25.5. The molecular weight excluding hydrogens is 360 g/mol. The molecule has 2 aromatic carbocycles. The third-order valence-electron chi connectivity index (χ3n) is 4.23. The Balaban J connectivity index is 1.94. The monoisotopic (exact) mass is 388 g/mol. The first-order valence-corrected chi connectivity index (χ1v) is 10.9. The zero-order valence-corrected chi connectivity index (χ0v) is 17.3. The van der Waals surface area contributed by atoms with Crippen LogP contribution in [0.1, 0.15) is 28.7 Å². The zero-order chi connectivity index (χ0) is 20.0. The number of carbonyl (C=O) groups excluding carboxylic acids is 1. The van der Waals surface area contributed by atoms with Crippen LogP contribution in [0.2, 0.25) is 0 Å². The molecule has 0 saturated carbocycles. The first-order valence-electron chi connectivity index (χ1n) is 9.03. The van der Waals surface area contributed by atoms with Crippen molar-refractivity contribution in [1.82, 2.24) is 5.32 Å². The molecule has 1 amide bonds. The number of anilines is 1. The minimum Gasteiger partial charge on any atom is -0.355 e. The van der Waals surface area contributed by atoms with Gasteiger partial charge in [-0.3, -0.25) is 9.10 Å². The van der Waals surface area contributed by atoms with Gasteiger partial charge in [0.1, 0.15) is 6.54 Å². The predicted octanol–water partition coefficient (Wildman–Crippen LogP) is 3.13. The Hall–Kier alpha value is -2.34. The number of aryl methyl sites for hydroxylation is 4. The number of rotatable bonds is 8. The first-order chi connectivity index (χ1) is 12.6. The molecular formula is C21H28N2O3S. The van der Waals surface area contributed by atoms with Crippen LogP contribution in [0.4, 0.5) is 5.69 Å². The van der Waals surface area contributed by atoms with Crippen molar-refractivity contribution < 1.29 is 13.2 Å². The van der Waals surface area contributed by atoms with Crippen LogP contribution in [0.3, 0.4) is 0 Å². The van der Waals surface area contributed by atoms with Gasteiger partial charge in [0, 0.05) is 6.54 Å². The van der Waals surface area contributed by atoms with Crippen LogP contribution in [0, 0.1) is 20.8 Å². The number of nitrogens with one attached hydrogen (secondary N) is 1. The topological polar surface area (TPSA) is 66.5 Å². The number of hydrogen-bond donors (Lipinski definition) is 1. The third kappa shape index (κ3) is 6.71. The number of benzene rings is 2. The largest absolute Gasteiger partial charge is 0.355 e. The molecule has 1 N–H and O–H groups in total. The van der Waals surface area contributed by atoms with Crippen molar-refractivity contribution in [2.75, 3.05) is 23.7 Å². The van der Waals surface area contributed by atoms with Crippen molar-refractivity contribution in [3.8, 4) is 0 Å². The Kier molecular flexibility index (Phi) is 7.02. The van der Waals surface area contributed by atoms with Crippen molar-refractivity contribution in [3.63, 3.8) is 0 Å². The molecule has 27 heavy (non-hydrogen) atoms. The molecule has 0 spiro atoms. The maximum atomic E-state index is 12.3. The molecule has 0 saturated heterocycles. The molecule has 0 aromatic heterocycles. The van der Waals surface area contributed by atoms with E-state index >= 15 is 0 Å². The molecule has 5 nitrogen and oxygen atoms in total. The number of hydrogen-bond acceptors (Lipinski definition) is 3. The molecule has 0 aliphatic carbocycles. The summed E-state index contributed by atoms with van der Waals surface area (Å²) in [5.74, 6) is -0.302. The summed E-state index contributed by atoms with van der Waals surface area (Å²) in [6.45, 7) is 6.16. The van der Waals surface area contributed by atoms with E-state index in [9.17, 15) is 13.2 Å². The maximum Gasteiger partial charge on any atom is 0.240 e.